The number of rotatable bonds is 3. The van der Waals surface area contributed by atoms with Gasteiger partial charge in [-0.3, -0.25) is 0 Å². The molecule has 2 rings (SSSR count). The van der Waals surface area contributed by atoms with Crippen molar-refractivity contribution in [1.82, 2.24) is 4.90 Å². The monoisotopic (exact) mass is 207 g/mol. The first-order valence-corrected chi connectivity index (χ1v) is 5.74. The smallest absolute Gasteiger partial charge is 0.123 e. The minimum atomic E-state index is -0.113. The summed E-state index contributed by atoms with van der Waals surface area (Å²) in [6.07, 6.45) is 2.28. The second-order valence-electron chi connectivity index (χ2n) is 4.38. The Morgan fingerprint density at radius 1 is 1.47 bits per heavy atom. The number of halogens is 1. The lowest BCUT2D eigenvalue weighted by Crippen LogP contribution is -2.20. The number of benzene rings is 1. The summed E-state index contributed by atoms with van der Waals surface area (Å²) in [5.41, 5.74) is 1.14. The highest BCUT2D eigenvalue weighted by Crippen LogP contribution is 2.20. The molecule has 2 heteroatoms. The van der Waals surface area contributed by atoms with Gasteiger partial charge in [0.25, 0.3) is 0 Å². The third-order valence-corrected chi connectivity index (χ3v) is 3.23. The first-order chi connectivity index (χ1) is 7.28. The number of hydrogen-bond acceptors (Lipinski definition) is 1. The van der Waals surface area contributed by atoms with Crippen LogP contribution < -0.4 is 0 Å². The van der Waals surface area contributed by atoms with Gasteiger partial charge < -0.3 is 4.90 Å². The van der Waals surface area contributed by atoms with Crippen molar-refractivity contribution in [3.63, 3.8) is 0 Å². The van der Waals surface area contributed by atoms with Crippen LogP contribution >= 0.6 is 0 Å². The molecule has 0 spiro atoms. The SMILES string of the molecule is CCN1CCC(Cc2cccc(F)c2)C1. The van der Waals surface area contributed by atoms with E-state index in [4.69, 9.17) is 0 Å². The standard InChI is InChI=1S/C13H18FN/c1-2-15-7-6-12(10-15)8-11-4-3-5-13(14)9-11/h3-5,9,12H,2,6-8,10H2,1H3. The van der Waals surface area contributed by atoms with Crippen LogP contribution in [-0.4, -0.2) is 24.5 Å². The van der Waals surface area contributed by atoms with Gasteiger partial charge >= 0.3 is 0 Å². The van der Waals surface area contributed by atoms with Crippen molar-refractivity contribution in [2.24, 2.45) is 5.92 Å². The maximum atomic E-state index is 13.0. The third kappa shape index (κ3) is 2.78. The molecule has 0 aliphatic carbocycles. The molecule has 0 amide bonds. The van der Waals surface area contributed by atoms with Crippen molar-refractivity contribution in [1.29, 1.82) is 0 Å². The molecule has 1 unspecified atom stereocenters. The van der Waals surface area contributed by atoms with Crippen molar-refractivity contribution in [2.75, 3.05) is 19.6 Å². The Hall–Kier alpha value is -0.890. The Morgan fingerprint density at radius 2 is 2.33 bits per heavy atom. The van der Waals surface area contributed by atoms with Crippen LogP contribution in [0, 0.1) is 11.7 Å². The van der Waals surface area contributed by atoms with Crippen molar-refractivity contribution in [3.05, 3.63) is 35.6 Å². The highest BCUT2D eigenvalue weighted by Gasteiger charge is 2.21. The molecule has 0 radical (unpaired) electrons. The van der Waals surface area contributed by atoms with E-state index in [0.29, 0.717) is 5.92 Å². The summed E-state index contributed by atoms with van der Waals surface area (Å²) in [5, 5.41) is 0. The first-order valence-electron chi connectivity index (χ1n) is 5.74. The Morgan fingerprint density at radius 3 is 3.00 bits per heavy atom. The molecule has 1 fully saturated rings. The molecule has 1 saturated heterocycles. The van der Waals surface area contributed by atoms with Gasteiger partial charge in [-0.15, -0.1) is 0 Å². The Kier molecular flexibility index (Phi) is 3.37. The van der Waals surface area contributed by atoms with E-state index in [-0.39, 0.29) is 5.82 Å². The maximum absolute atomic E-state index is 13.0. The van der Waals surface area contributed by atoms with E-state index in [1.807, 2.05) is 6.07 Å². The molecule has 1 aromatic rings. The van der Waals surface area contributed by atoms with E-state index >= 15 is 0 Å². The van der Waals surface area contributed by atoms with E-state index in [2.05, 4.69) is 11.8 Å². The molecule has 15 heavy (non-hydrogen) atoms. The summed E-state index contributed by atoms with van der Waals surface area (Å²) in [6, 6.07) is 7.00. The highest BCUT2D eigenvalue weighted by molar-refractivity contribution is 5.17. The van der Waals surface area contributed by atoms with E-state index in [9.17, 15) is 4.39 Å². The second kappa shape index (κ2) is 4.75. The molecule has 0 saturated carbocycles. The Balaban J connectivity index is 1.92. The van der Waals surface area contributed by atoms with Crippen LogP contribution in [0.15, 0.2) is 24.3 Å². The molecule has 82 valence electrons. The summed E-state index contributed by atoms with van der Waals surface area (Å²) in [4.78, 5) is 2.46. The summed E-state index contributed by atoms with van der Waals surface area (Å²) in [6.45, 7) is 5.72. The number of hydrogen-bond donors (Lipinski definition) is 0. The first kappa shape index (κ1) is 10.6. The molecule has 0 aromatic heterocycles. The van der Waals surface area contributed by atoms with Gasteiger partial charge in [0, 0.05) is 6.54 Å². The van der Waals surface area contributed by atoms with Gasteiger partial charge in [0.1, 0.15) is 5.82 Å². The van der Waals surface area contributed by atoms with Crippen LogP contribution in [0.5, 0.6) is 0 Å². The van der Waals surface area contributed by atoms with Crippen molar-refractivity contribution >= 4 is 0 Å². The molecule has 1 aliphatic heterocycles. The molecule has 1 nitrogen and oxygen atoms in total. The largest absolute Gasteiger partial charge is 0.303 e. The van der Waals surface area contributed by atoms with Crippen LogP contribution in [0.1, 0.15) is 18.9 Å². The van der Waals surface area contributed by atoms with Gasteiger partial charge in [0.2, 0.25) is 0 Å². The van der Waals surface area contributed by atoms with Gasteiger partial charge in [-0.25, -0.2) is 4.39 Å². The Labute approximate surface area is 90.9 Å². The van der Waals surface area contributed by atoms with E-state index in [1.54, 1.807) is 12.1 Å². The van der Waals surface area contributed by atoms with E-state index in [0.717, 1.165) is 18.5 Å². The minimum Gasteiger partial charge on any atom is -0.303 e. The van der Waals surface area contributed by atoms with Gasteiger partial charge in [-0.1, -0.05) is 19.1 Å². The van der Waals surface area contributed by atoms with E-state index in [1.165, 1.54) is 25.6 Å². The highest BCUT2D eigenvalue weighted by atomic mass is 19.1. The number of nitrogens with zero attached hydrogens (tertiary/aromatic N) is 1. The maximum Gasteiger partial charge on any atom is 0.123 e. The molecule has 0 bridgehead atoms. The molecular weight excluding hydrogens is 189 g/mol. The zero-order valence-corrected chi connectivity index (χ0v) is 9.25. The fourth-order valence-corrected chi connectivity index (χ4v) is 2.36. The average Bonchev–Trinajstić information content (AvgIpc) is 2.65. The molecule has 1 heterocycles. The summed E-state index contributed by atoms with van der Waals surface area (Å²) in [7, 11) is 0. The van der Waals surface area contributed by atoms with Crippen molar-refractivity contribution in [2.45, 2.75) is 19.8 Å². The number of likely N-dealkylation sites (tertiary alicyclic amines) is 1. The zero-order chi connectivity index (χ0) is 10.7. The Bertz CT molecular complexity index is 324. The molecule has 1 aromatic carbocycles. The topological polar surface area (TPSA) is 3.24 Å². The van der Waals surface area contributed by atoms with Gasteiger partial charge in [0.15, 0.2) is 0 Å². The normalized spacial score (nSPS) is 22.1. The van der Waals surface area contributed by atoms with Crippen molar-refractivity contribution in [3.8, 4) is 0 Å². The lowest BCUT2D eigenvalue weighted by atomic mass is 9.99. The zero-order valence-electron chi connectivity index (χ0n) is 9.25. The summed E-state index contributed by atoms with van der Waals surface area (Å²) < 4.78 is 13.0. The van der Waals surface area contributed by atoms with Crippen LogP contribution in [0.25, 0.3) is 0 Å². The third-order valence-electron chi connectivity index (χ3n) is 3.23. The summed E-state index contributed by atoms with van der Waals surface area (Å²) >= 11 is 0. The molecular formula is C13H18FN. The lowest BCUT2D eigenvalue weighted by molar-refractivity contribution is 0.342. The fraction of sp³-hybridized carbons (Fsp3) is 0.538. The molecule has 0 N–H and O–H groups in total. The van der Waals surface area contributed by atoms with E-state index < -0.39 is 0 Å². The summed E-state index contributed by atoms with van der Waals surface area (Å²) in [5.74, 6) is 0.601. The fourth-order valence-electron chi connectivity index (χ4n) is 2.36. The van der Waals surface area contributed by atoms with Crippen LogP contribution in [0.2, 0.25) is 0 Å². The quantitative estimate of drug-likeness (QED) is 0.736. The molecule has 1 atom stereocenters. The minimum absolute atomic E-state index is 0.113. The van der Waals surface area contributed by atoms with Crippen LogP contribution in [0.4, 0.5) is 4.39 Å². The average molecular weight is 207 g/mol. The van der Waals surface area contributed by atoms with Gasteiger partial charge in [-0.05, 0) is 49.5 Å². The van der Waals surface area contributed by atoms with Crippen LogP contribution in [-0.2, 0) is 6.42 Å². The van der Waals surface area contributed by atoms with Gasteiger partial charge in [0.05, 0.1) is 0 Å². The molecule has 1 aliphatic rings. The predicted molar refractivity (Wildman–Crippen MR) is 60.3 cm³/mol. The predicted octanol–water partition coefficient (Wildman–Crippen LogP) is 2.71. The lowest BCUT2D eigenvalue weighted by Gasteiger charge is -2.13. The van der Waals surface area contributed by atoms with Crippen LogP contribution in [0.3, 0.4) is 0 Å². The van der Waals surface area contributed by atoms with Crippen molar-refractivity contribution < 1.29 is 4.39 Å². The van der Waals surface area contributed by atoms with Gasteiger partial charge in [-0.2, -0.15) is 0 Å². The second-order valence-corrected chi connectivity index (χ2v) is 4.38.